The molecule has 1 N–H and O–H groups in total. The van der Waals surface area contributed by atoms with E-state index in [0.717, 1.165) is 50.4 Å². The third-order valence-electron chi connectivity index (χ3n) is 5.62. The van der Waals surface area contributed by atoms with Crippen LogP contribution in [0.2, 0.25) is 0 Å². The molecule has 3 heterocycles. The van der Waals surface area contributed by atoms with Crippen molar-refractivity contribution in [3.63, 3.8) is 0 Å². The SMILES string of the molecule is O=C(CSc1nc2ccccc2s1)Nc1cccc(-c2ccc(N3CCCCCC3)nn2)c1. The maximum absolute atomic E-state index is 12.5. The zero-order valence-corrected chi connectivity index (χ0v) is 19.9. The molecule has 0 atom stereocenters. The van der Waals surface area contributed by atoms with Crippen LogP contribution >= 0.6 is 23.1 Å². The Morgan fingerprint density at radius 3 is 2.61 bits per heavy atom. The number of nitrogens with one attached hydrogen (secondary N) is 1. The van der Waals surface area contributed by atoms with Crippen LogP contribution in [0.3, 0.4) is 0 Å². The molecular formula is C25H25N5OS2. The monoisotopic (exact) mass is 475 g/mol. The number of amides is 1. The van der Waals surface area contributed by atoms with E-state index in [1.54, 1.807) is 11.3 Å². The molecular weight excluding hydrogens is 450 g/mol. The van der Waals surface area contributed by atoms with Crippen molar-refractivity contribution in [3.8, 4) is 11.3 Å². The van der Waals surface area contributed by atoms with E-state index in [-0.39, 0.29) is 5.91 Å². The summed E-state index contributed by atoms with van der Waals surface area (Å²) >= 11 is 3.07. The number of carbonyl (C=O) groups excluding carboxylic acids is 1. The predicted octanol–water partition coefficient (Wildman–Crippen LogP) is 5.86. The number of fused-ring (bicyclic) bond motifs is 1. The van der Waals surface area contributed by atoms with E-state index in [4.69, 9.17) is 0 Å². The maximum atomic E-state index is 12.5. The lowest BCUT2D eigenvalue weighted by atomic mass is 10.1. The smallest absolute Gasteiger partial charge is 0.234 e. The average molecular weight is 476 g/mol. The second-order valence-electron chi connectivity index (χ2n) is 8.04. The molecule has 2 aromatic carbocycles. The fourth-order valence-corrected chi connectivity index (χ4v) is 5.81. The molecule has 2 aromatic heterocycles. The molecule has 33 heavy (non-hydrogen) atoms. The number of rotatable bonds is 6. The Hall–Kier alpha value is -2.97. The molecule has 0 spiro atoms. The lowest BCUT2D eigenvalue weighted by Gasteiger charge is -2.20. The van der Waals surface area contributed by atoms with E-state index in [1.807, 2.05) is 60.7 Å². The van der Waals surface area contributed by atoms with Crippen LogP contribution in [0, 0.1) is 0 Å². The molecule has 8 heteroatoms. The number of aromatic nitrogens is 3. The van der Waals surface area contributed by atoms with Gasteiger partial charge in [0.05, 0.1) is 21.7 Å². The van der Waals surface area contributed by atoms with Crippen molar-refractivity contribution in [3.05, 3.63) is 60.7 Å². The molecule has 1 saturated heterocycles. The highest BCUT2D eigenvalue weighted by atomic mass is 32.2. The van der Waals surface area contributed by atoms with Gasteiger partial charge in [-0.3, -0.25) is 4.79 Å². The fourth-order valence-electron chi connectivity index (χ4n) is 3.94. The van der Waals surface area contributed by atoms with E-state index in [0.29, 0.717) is 5.75 Å². The van der Waals surface area contributed by atoms with E-state index in [9.17, 15) is 4.79 Å². The number of thioether (sulfide) groups is 1. The molecule has 0 saturated carbocycles. The van der Waals surface area contributed by atoms with Crippen molar-refractivity contribution in [2.24, 2.45) is 0 Å². The normalized spacial score (nSPS) is 14.2. The first-order valence-electron chi connectivity index (χ1n) is 11.2. The quantitative estimate of drug-likeness (QED) is 0.352. The lowest BCUT2D eigenvalue weighted by Crippen LogP contribution is -2.25. The molecule has 0 aliphatic carbocycles. The summed E-state index contributed by atoms with van der Waals surface area (Å²) in [4.78, 5) is 19.4. The summed E-state index contributed by atoms with van der Waals surface area (Å²) in [6.45, 7) is 2.09. The second-order valence-corrected chi connectivity index (χ2v) is 10.3. The van der Waals surface area contributed by atoms with Gasteiger partial charge in [0.1, 0.15) is 0 Å². The molecule has 0 unspecified atom stereocenters. The second kappa shape index (κ2) is 10.3. The molecule has 168 valence electrons. The van der Waals surface area contributed by atoms with Gasteiger partial charge in [0.25, 0.3) is 0 Å². The number of thiazole rings is 1. The summed E-state index contributed by atoms with van der Waals surface area (Å²) in [5, 5.41) is 11.9. The van der Waals surface area contributed by atoms with Gasteiger partial charge < -0.3 is 10.2 Å². The summed E-state index contributed by atoms with van der Waals surface area (Å²) in [5.41, 5.74) is 3.46. The fraction of sp³-hybridized carbons (Fsp3) is 0.280. The Balaban J connectivity index is 1.21. The predicted molar refractivity (Wildman–Crippen MR) is 137 cm³/mol. The molecule has 1 fully saturated rings. The van der Waals surface area contributed by atoms with Crippen molar-refractivity contribution >= 4 is 50.7 Å². The van der Waals surface area contributed by atoms with Crippen LogP contribution in [0.1, 0.15) is 25.7 Å². The third-order valence-corrected chi connectivity index (χ3v) is 7.80. The van der Waals surface area contributed by atoms with Crippen LogP contribution in [0.25, 0.3) is 21.5 Å². The van der Waals surface area contributed by atoms with E-state index < -0.39 is 0 Å². The van der Waals surface area contributed by atoms with Crippen LogP contribution in [0.15, 0.2) is 65.0 Å². The van der Waals surface area contributed by atoms with Gasteiger partial charge in [-0.25, -0.2) is 4.98 Å². The van der Waals surface area contributed by atoms with Crippen LogP contribution in [0.4, 0.5) is 11.5 Å². The summed E-state index contributed by atoms with van der Waals surface area (Å²) in [6.07, 6.45) is 5.00. The van der Waals surface area contributed by atoms with Crippen molar-refractivity contribution in [1.29, 1.82) is 0 Å². The summed E-state index contributed by atoms with van der Waals surface area (Å²) in [5.74, 6) is 1.20. The third kappa shape index (κ3) is 5.51. The van der Waals surface area contributed by atoms with E-state index >= 15 is 0 Å². The van der Waals surface area contributed by atoms with Gasteiger partial charge in [0.15, 0.2) is 10.2 Å². The number of nitrogens with zero attached hydrogens (tertiary/aromatic N) is 4. The zero-order valence-electron chi connectivity index (χ0n) is 18.2. The number of benzene rings is 2. The van der Waals surface area contributed by atoms with Gasteiger partial charge in [-0.05, 0) is 49.2 Å². The van der Waals surface area contributed by atoms with Crippen molar-refractivity contribution in [2.75, 3.05) is 29.1 Å². The minimum atomic E-state index is -0.0565. The molecule has 1 aliphatic heterocycles. The molecule has 1 aliphatic rings. The van der Waals surface area contributed by atoms with Crippen LogP contribution in [-0.4, -0.2) is 39.9 Å². The van der Waals surface area contributed by atoms with Crippen molar-refractivity contribution in [2.45, 2.75) is 30.0 Å². The van der Waals surface area contributed by atoms with Crippen molar-refractivity contribution < 1.29 is 4.79 Å². The Morgan fingerprint density at radius 1 is 0.970 bits per heavy atom. The minimum Gasteiger partial charge on any atom is -0.355 e. The topological polar surface area (TPSA) is 71.0 Å². The molecule has 0 bridgehead atoms. The number of para-hydroxylation sites is 1. The Labute approximate surface area is 201 Å². The molecule has 5 rings (SSSR count). The maximum Gasteiger partial charge on any atom is 0.234 e. The highest BCUT2D eigenvalue weighted by Crippen LogP contribution is 2.29. The first-order valence-corrected chi connectivity index (χ1v) is 13.0. The zero-order chi connectivity index (χ0) is 22.5. The van der Waals surface area contributed by atoms with E-state index in [2.05, 4.69) is 25.4 Å². The standard InChI is InChI=1S/C25H25N5OS2/c31-24(17-32-25-27-21-10-3-4-11-22(21)33-25)26-19-9-7-8-18(16-19)20-12-13-23(29-28-20)30-14-5-1-2-6-15-30/h3-4,7-13,16H,1-2,5-6,14-15,17H2,(H,26,31). The van der Waals surface area contributed by atoms with Crippen LogP contribution in [0.5, 0.6) is 0 Å². The van der Waals surface area contributed by atoms with Crippen LogP contribution in [-0.2, 0) is 4.79 Å². The Kier molecular flexibility index (Phi) is 6.83. The van der Waals surface area contributed by atoms with Gasteiger partial charge >= 0.3 is 0 Å². The largest absolute Gasteiger partial charge is 0.355 e. The Morgan fingerprint density at radius 2 is 1.82 bits per heavy atom. The minimum absolute atomic E-state index is 0.0565. The van der Waals surface area contributed by atoms with Gasteiger partial charge in [-0.15, -0.1) is 21.5 Å². The molecule has 0 radical (unpaired) electrons. The first-order chi connectivity index (χ1) is 16.2. The van der Waals surface area contributed by atoms with Gasteiger partial charge in [0.2, 0.25) is 5.91 Å². The number of anilines is 2. The van der Waals surface area contributed by atoms with Crippen molar-refractivity contribution in [1.82, 2.24) is 15.2 Å². The summed E-state index contributed by atoms with van der Waals surface area (Å²) < 4.78 is 2.04. The lowest BCUT2D eigenvalue weighted by molar-refractivity contribution is -0.113. The highest BCUT2D eigenvalue weighted by molar-refractivity contribution is 8.01. The number of carbonyl (C=O) groups is 1. The average Bonchev–Trinajstić information content (AvgIpc) is 3.07. The van der Waals surface area contributed by atoms with Crippen LogP contribution < -0.4 is 10.2 Å². The summed E-state index contributed by atoms with van der Waals surface area (Å²) in [6, 6.07) is 19.8. The van der Waals surface area contributed by atoms with Gasteiger partial charge in [-0.1, -0.05) is 48.9 Å². The van der Waals surface area contributed by atoms with E-state index in [1.165, 1.54) is 37.4 Å². The molecule has 6 nitrogen and oxygen atoms in total. The first kappa shape index (κ1) is 21.9. The molecule has 4 aromatic rings. The molecule has 1 amide bonds. The number of hydrogen-bond donors (Lipinski definition) is 1. The summed E-state index contributed by atoms with van der Waals surface area (Å²) in [7, 11) is 0. The van der Waals surface area contributed by atoms with Gasteiger partial charge in [0, 0.05) is 24.3 Å². The Bertz CT molecular complexity index is 1200. The number of hydrogen-bond acceptors (Lipinski definition) is 7. The van der Waals surface area contributed by atoms with Gasteiger partial charge in [-0.2, -0.15) is 0 Å². The highest BCUT2D eigenvalue weighted by Gasteiger charge is 2.13.